The van der Waals surface area contributed by atoms with E-state index in [2.05, 4.69) is 0 Å². The monoisotopic (exact) mass is 702 g/mol. The molecule has 9 nitrogen and oxygen atoms in total. The molecule has 51 heavy (non-hydrogen) atoms. The fourth-order valence-electron chi connectivity index (χ4n) is 9.17. The summed E-state index contributed by atoms with van der Waals surface area (Å²) in [6, 6.07) is 27.4. The summed E-state index contributed by atoms with van der Waals surface area (Å²) in [5, 5.41) is 21.7. The number of fused-ring (bicyclic) bond motifs is 4. The van der Waals surface area contributed by atoms with Gasteiger partial charge in [-0.2, -0.15) is 0 Å². The van der Waals surface area contributed by atoms with E-state index in [1.165, 1.54) is 23.0 Å². The van der Waals surface area contributed by atoms with Crippen LogP contribution in [0, 0.1) is 23.7 Å². The predicted molar refractivity (Wildman–Crippen MR) is 189 cm³/mol. The van der Waals surface area contributed by atoms with Gasteiger partial charge in [-0.3, -0.25) is 24.1 Å². The minimum Gasteiger partial charge on any atom is -0.508 e. The van der Waals surface area contributed by atoms with Crippen molar-refractivity contribution in [3.05, 3.63) is 130 Å². The summed E-state index contributed by atoms with van der Waals surface area (Å²) in [5.74, 6) is -4.68. The van der Waals surface area contributed by atoms with Crippen LogP contribution >= 0.6 is 11.6 Å². The Morgan fingerprint density at radius 2 is 1.61 bits per heavy atom. The third kappa shape index (κ3) is 4.97. The summed E-state index contributed by atoms with van der Waals surface area (Å²) in [5.41, 5.74) is 1.51. The van der Waals surface area contributed by atoms with Crippen LogP contribution in [0.25, 0.3) is 0 Å². The van der Waals surface area contributed by atoms with Crippen molar-refractivity contribution in [2.75, 3.05) is 18.6 Å². The molecule has 4 amide bonds. The van der Waals surface area contributed by atoms with Crippen LogP contribution in [0.3, 0.4) is 0 Å². The van der Waals surface area contributed by atoms with Crippen molar-refractivity contribution in [2.45, 2.75) is 30.6 Å². The van der Waals surface area contributed by atoms with Gasteiger partial charge in [-0.15, -0.1) is 0 Å². The summed E-state index contributed by atoms with van der Waals surface area (Å²) in [6.07, 6.45) is 2.82. The highest BCUT2D eigenvalue weighted by molar-refractivity contribution is 6.32. The van der Waals surface area contributed by atoms with Gasteiger partial charge in [-0.25, -0.2) is 4.90 Å². The van der Waals surface area contributed by atoms with E-state index in [1.54, 1.807) is 60.7 Å². The van der Waals surface area contributed by atoms with Crippen molar-refractivity contribution in [1.82, 2.24) is 4.90 Å². The smallest absolute Gasteiger partial charge is 0.246 e. The van der Waals surface area contributed by atoms with Crippen LogP contribution in [0.15, 0.2) is 109 Å². The highest BCUT2D eigenvalue weighted by atomic mass is 35.5. The molecular formula is C41H35ClN2O7. The van der Waals surface area contributed by atoms with E-state index in [1.807, 2.05) is 36.4 Å². The molecule has 2 N–H and O–H groups in total. The van der Waals surface area contributed by atoms with Gasteiger partial charge in [0.15, 0.2) is 0 Å². The van der Waals surface area contributed by atoms with E-state index in [-0.39, 0.29) is 42.7 Å². The minimum absolute atomic E-state index is 0.108. The van der Waals surface area contributed by atoms with Crippen LogP contribution < -0.4 is 9.64 Å². The van der Waals surface area contributed by atoms with Crippen LogP contribution in [-0.4, -0.2) is 52.4 Å². The Balaban J connectivity index is 1.28. The molecule has 2 aliphatic carbocycles. The molecule has 258 valence electrons. The van der Waals surface area contributed by atoms with Gasteiger partial charge in [-0.05, 0) is 72.7 Å². The lowest BCUT2D eigenvalue weighted by Gasteiger charge is -2.50. The zero-order chi connectivity index (χ0) is 35.6. The number of likely N-dealkylation sites (tertiary alicyclic amines) is 1. The molecule has 4 aromatic rings. The zero-order valence-electron chi connectivity index (χ0n) is 27.7. The Labute approximate surface area is 299 Å². The number of amides is 4. The van der Waals surface area contributed by atoms with E-state index in [0.29, 0.717) is 34.0 Å². The number of hydrogen-bond acceptors (Lipinski definition) is 7. The molecule has 0 spiro atoms. The average molecular weight is 703 g/mol. The number of carbonyl (C=O) groups is 4. The summed E-state index contributed by atoms with van der Waals surface area (Å²) in [6.45, 7) is 0.178. The van der Waals surface area contributed by atoms with E-state index in [4.69, 9.17) is 16.3 Å². The molecule has 8 rings (SSSR count). The largest absolute Gasteiger partial charge is 0.508 e. The number of aromatic hydroxyl groups is 2. The van der Waals surface area contributed by atoms with Crippen LogP contribution in [0.5, 0.6) is 17.2 Å². The second-order valence-corrected chi connectivity index (χ2v) is 14.2. The van der Waals surface area contributed by atoms with Gasteiger partial charge in [0.1, 0.15) is 17.2 Å². The second-order valence-electron chi connectivity index (χ2n) is 13.8. The molecule has 10 heteroatoms. The number of imide groups is 2. The van der Waals surface area contributed by atoms with Crippen molar-refractivity contribution in [3.63, 3.8) is 0 Å². The van der Waals surface area contributed by atoms with Crippen molar-refractivity contribution in [2.24, 2.45) is 23.7 Å². The number of benzene rings is 4. The summed E-state index contributed by atoms with van der Waals surface area (Å²) in [4.78, 5) is 61.0. The number of methoxy groups -OCH3 is 1. The van der Waals surface area contributed by atoms with Crippen molar-refractivity contribution >= 4 is 40.9 Å². The molecule has 0 radical (unpaired) electrons. The molecule has 1 saturated carbocycles. The number of halogens is 1. The highest BCUT2D eigenvalue weighted by Gasteiger charge is 2.70. The maximum atomic E-state index is 15.3. The van der Waals surface area contributed by atoms with Gasteiger partial charge in [0, 0.05) is 29.1 Å². The molecular weight excluding hydrogens is 668 g/mol. The molecule has 3 fully saturated rings. The number of allylic oxidation sites excluding steroid dienone is 2. The van der Waals surface area contributed by atoms with E-state index >= 15 is 4.79 Å². The maximum absolute atomic E-state index is 15.3. The first-order chi connectivity index (χ1) is 24.6. The topological polar surface area (TPSA) is 124 Å². The fraction of sp³-hybridized carbons (Fsp3) is 0.268. The van der Waals surface area contributed by atoms with E-state index in [9.17, 15) is 24.6 Å². The normalized spacial score (nSPS) is 26.9. The Morgan fingerprint density at radius 1 is 0.843 bits per heavy atom. The van der Waals surface area contributed by atoms with Crippen molar-refractivity contribution in [3.8, 4) is 17.2 Å². The van der Waals surface area contributed by atoms with Gasteiger partial charge in [0.05, 0.1) is 36.0 Å². The summed E-state index contributed by atoms with van der Waals surface area (Å²) >= 11 is 6.38. The SMILES string of the molecule is COc1ccc(C2C3=CCC4C(=O)N(CCc5ccc(O)cc5)C(=O)C4C3CC3C(=O)N(c4cccc(Cl)c4)C(=O)C32c2ccccc2)c(O)c1. The average Bonchev–Trinajstić information content (AvgIpc) is 3.52. The van der Waals surface area contributed by atoms with Crippen molar-refractivity contribution < 1.29 is 34.1 Å². The van der Waals surface area contributed by atoms with Gasteiger partial charge in [0.25, 0.3) is 0 Å². The lowest BCUT2D eigenvalue weighted by atomic mass is 9.49. The van der Waals surface area contributed by atoms with Crippen molar-refractivity contribution in [1.29, 1.82) is 0 Å². The first kappa shape index (κ1) is 32.8. The van der Waals surface area contributed by atoms with Crippen LogP contribution in [0.4, 0.5) is 5.69 Å². The van der Waals surface area contributed by atoms with Crippen LogP contribution in [-0.2, 0) is 31.0 Å². The van der Waals surface area contributed by atoms with Gasteiger partial charge < -0.3 is 14.9 Å². The number of hydrogen-bond donors (Lipinski definition) is 2. The van der Waals surface area contributed by atoms with Gasteiger partial charge in [0.2, 0.25) is 23.6 Å². The Bertz CT molecular complexity index is 2120. The molecule has 2 heterocycles. The molecule has 0 aromatic heterocycles. The molecule has 6 unspecified atom stereocenters. The van der Waals surface area contributed by atoms with E-state index in [0.717, 1.165) is 11.1 Å². The number of rotatable bonds is 7. The lowest BCUT2D eigenvalue weighted by molar-refractivity contribution is -0.140. The first-order valence-electron chi connectivity index (χ1n) is 17.0. The number of anilines is 1. The number of ether oxygens (including phenoxy) is 1. The third-order valence-electron chi connectivity index (χ3n) is 11.4. The zero-order valence-corrected chi connectivity index (χ0v) is 28.5. The third-order valence-corrected chi connectivity index (χ3v) is 11.6. The number of nitrogens with zero attached hydrogens (tertiary/aromatic N) is 2. The first-order valence-corrected chi connectivity index (χ1v) is 17.4. The van der Waals surface area contributed by atoms with Crippen LogP contribution in [0.2, 0.25) is 5.02 Å². The molecule has 0 bridgehead atoms. The molecule has 2 saturated heterocycles. The Morgan fingerprint density at radius 3 is 2.31 bits per heavy atom. The molecule has 6 atom stereocenters. The number of phenolic OH excluding ortho intramolecular Hbond substituents is 2. The lowest BCUT2D eigenvalue weighted by Crippen LogP contribution is -2.53. The minimum atomic E-state index is -1.49. The number of phenols is 2. The van der Waals surface area contributed by atoms with Gasteiger partial charge >= 0.3 is 0 Å². The number of carbonyl (C=O) groups excluding carboxylic acids is 4. The summed E-state index contributed by atoms with van der Waals surface area (Å²) in [7, 11) is 1.49. The molecule has 2 aliphatic heterocycles. The van der Waals surface area contributed by atoms with Crippen LogP contribution in [0.1, 0.15) is 35.4 Å². The summed E-state index contributed by atoms with van der Waals surface area (Å²) < 4.78 is 5.40. The Hall–Kier alpha value is -5.41. The molecule has 4 aliphatic rings. The Kier molecular flexibility index (Phi) is 7.98. The second kappa shape index (κ2) is 12.4. The fourth-order valence-corrected chi connectivity index (χ4v) is 9.36. The van der Waals surface area contributed by atoms with Gasteiger partial charge in [-0.1, -0.05) is 77.8 Å². The molecule has 4 aromatic carbocycles. The quantitative estimate of drug-likeness (QED) is 0.175. The maximum Gasteiger partial charge on any atom is 0.246 e. The highest BCUT2D eigenvalue weighted by Crippen LogP contribution is 2.65. The predicted octanol–water partition coefficient (Wildman–Crippen LogP) is 6.16. The standard InChI is InChI=1S/C41H35ClN2O7/c1-51-28-14-15-30(34(46)21-28)36-29-16-17-31-35(39(49)43(37(31)47)19-18-23-10-12-27(45)13-11-23)32(29)22-33-38(48)44(26-9-5-8-25(42)20-26)40(50)41(33,36)24-6-3-2-4-7-24/h2-16,20-21,31-33,35-36,45-46H,17-19,22H2,1H3. The van der Waals surface area contributed by atoms with E-state index < -0.39 is 46.8 Å².